The van der Waals surface area contributed by atoms with Gasteiger partial charge in [0.1, 0.15) is 5.75 Å². The van der Waals surface area contributed by atoms with Gasteiger partial charge < -0.3 is 10.5 Å². The molecule has 0 atom stereocenters. The molecule has 1 aromatic heterocycles. The molecule has 0 bridgehead atoms. The number of nitrogens with zero attached hydrogens (tertiary/aromatic N) is 1. The van der Waals surface area contributed by atoms with Gasteiger partial charge in [0.15, 0.2) is 0 Å². The number of para-hydroxylation sites is 1. The van der Waals surface area contributed by atoms with E-state index in [1.54, 1.807) is 0 Å². The molecule has 0 aliphatic heterocycles. The minimum Gasteiger partial charge on any atom is -0.507 e. The number of phenols is 1. The highest BCUT2D eigenvalue weighted by Gasteiger charge is 2.02. The van der Waals surface area contributed by atoms with Crippen LogP contribution in [0.5, 0.6) is 5.75 Å². The van der Waals surface area contributed by atoms with Crippen molar-refractivity contribution in [3.05, 3.63) is 53.9 Å². The van der Waals surface area contributed by atoms with Crippen LogP contribution in [-0.4, -0.2) is 9.78 Å². The number of benzene rings is 1. The summed E-state index contributed by atoms with van der Waals surface area (Å²) in [6.45, 7) is 2.51. The van der Waals surface area contributed by atoms with Crippen molar-refractivity contribution in [2.24, 2.45) is 0 Å². The smallest absolute Gasteiger partial charge is 0.123 e. The molecule has 2 rings (SSSR count). The molecule has 0 unspecified atom stereocenters. The van der Waals surface area contributed by atoms with Gasteiger partial charge in [0, 0.05) is 18.0 Å². The zero-order valence-electron chi connectivity index (χ0n) is 8.64. The zero-order chi connectivity index (χ0) is 10.7. The average Bonchev–Trinajstić information content (AvgIpc) is 2.73. The highest BCUT2D eigenvalue weighted by Crippen LogP contribution is 2.21. The Hall–Kier alpha value is -1.90. The van der Waals surface area contributed by atoms with Crippen molar-refractivity contribution in [1.29, 1.82) is 0 Å². The second-order valence-electron chi connectivity index (χ2n) is 3.51. The molecular formula is C12H14N2O. The minimum absolute atomic E-state index is 0.372. The van der Waals surface area contributed by atoms with Crippen molar-refractivity contribution in [3.8, 4) is 5.75 Å². The molecule has 0 spiro atoms. The van der Waals surface area contributed by atoms with Gasteiger partial charge in [-0.05, 0) is 24.6 Å². The number of aromatic nitrogens is 1. The predicted octanol–water partition coefficient (Wildman–Crippen LogP) is 2.25. The molecule has 2 aromatic rings. The fourth-order valence-electron chi connectivity index (χ4n) is 1.48. The minimum atomic E-state index is 0.372. The molecule has 0 aliphatic rings. The SMILES string of the molecule is Cc1cccc(CNn2cccc2)c1O. The van der Waals surface area contributed by atoms with Crippen LogP contribution in [0.3, 0.4) is 0 Å². The normalized spacial score (nSPS) is 10.2. The van der Waals surface area contributed by atoms with E-state index in [-0.39, 0.29) is 0 Å². The van der Waals surface area contributed by atoms with E-state index in [0.29, 0.717) is 12.3 Å². The number of nitrogens with one attached hydrogen (secondary N) is 1. The van der Waals surface area contributed by atoms with E-state index in [9.17, 15) is 5.11 Å². The molecule has 3 nitrogen and oxygen atoms in total. The maximum absolute atomic E-state index is 9.78. The summed E-state index contributed by atoms with van der Waals surface area (Å²) in [6, 6.07) is 9.65. The molecule has 15 heavy (non-hydrogen) atoms. The third kappa shape index (κ3) is 2.13. The number of aryl methyl sites for hydroxylation is 1. The number of rotatable bonds is 3. The molecule has 1 heterocycles. The Bertz CT molecular complexity index is 435. The molecule has 0 saturated carbocycles. The number of hydrogen-bond donors (Lipinski definition) is 2. The Morgan fingerprint density at radius 2 is 1.93 bits per heavy atom. The van der Waals surface area contributed by atoms with Crippen LogP contribution in [0.15, 0.2) is 42.7 Å². The monoisotopic (exact) mass is 202 g/mol. The van der Waals surface area contributed by atoms with E-state index in [2.05, 4.69) is 5.43 Å². The number of aromatic hydroxyl groups is 1. The van der Waals surface area contributed by atoms with Gasteiger partial charge in [-0.25, -0.2) is 0 Å². The fourth-order valence-corrected chi connectivity index (χ4v) is 1.48. The lowest BCUT2D eigenvalue weighted by molar-refractivity contribution is 0.464. The van der Waals surface area contributed by atoms with Crippen LogP contribution >= 0.6 is 0 Å². The van der Waals surface area contributed by atoms with E-state index in [4.69, 9.17) is 0 Å². The summed E-state index contributed by atoms with van der Waals surface area (Å²) in [5.41, 5.74) is 4.98. The first-order chi connectivity index (χ1) is 7.27. The Balaban J connectivity index is 2.08. The summed E-state index contributed by atoms with van der Waals surface area (Å²) in [7, 11) is 0. The van der Waals surface area contributed by atoms with Gasteiger partial charge in [0.25, 0.3) is 0 Å². The summed E-state index contributed by atoms with van der Waals surface area (Å²) < 4.78 is 1.86. The summed E-state index contributed by atoms with van der Waals surface area (Å²) in [6.07, 6.45) is 3.85. The van der Waals surface area contributed by atoms with Gasteiger partial charge in [-0.3, -0.25) is 4.68 Å². The fraction of sp³-hybridized carbons (Fsp3) is 0.167. The molecule has 2 N–H and O–H groups in total. The first-order valence-electron chi connectivity index (χ1n) is 4.91. The van der Waals surface area contributed by atoms with Crippen molar-refractivity contribution in [2.45, 2.75) is 13.5 Å². The molecule has 3 heteroatoms. The second-order valence-corrected chi connectivity index (χ2v) is 3.51. The topological polar surface area (TPSA) is 37.2 Å². The maximum Gasteiger partial charge on any atom is 0.123 e. The van der Waals surface area contributed by atoms with Crippen molar-refractivity contribution in [2.75, 3.05) is 5.43 Å². The first-order valence-corrected chi connectivity index (χ1v) is 4.91. The van der Waals surface area contributed by atoms with Gasteiger partial charge in [0.2, 0.25) is 0 Å². The molecule has 0 aliphatic carbocycles. The Kier molecular flexibility index (Phi) is 2.63. The molecule has 0 radical (unpaired) electrons. The highest BCUT2D eigenvalue weighted by molar-refractivity contribution is 5.39. The molecule has 0 amide bonds. The van der Waals surface area contributed by atoms with E-state index in [0.717, 1.165) is 11.1 Å². The van der Waals surface area contributed by atoms with E-state index < -0.39 is 0 Å². The second kappa shape index (κ2) is 4.09. The lowest BCUT2D eigenvalue weighted by Gasteiger charge is -2.10. The molecular weight excluding hydrogens is 188 g/mol. The van der Waals surface area contributed by atoms with Crippen LogP contribution in [0, 0.1) is 6.92 Å². The lowest BCUT2D eigenvalue weighted by atomic mass is 10.1. The number of phenolic OH excluding ortho intramolecular Hbond substituents is 1. The third-order valence-electron chi connectivity index (χ3n) is 2.38. The first kappa shape index (κ1) is 9.65. The van der Waals surface area contributed by atoms with Gasteiger partial charge in [-0.2, -0.15) is 0 Å². The predicted molar refractivity (Wildman–Crippen MR) is 60.3 cm³/mol. The highest BCUT2D eigenvalue weighted by atomic mass is 16.3. The van der Waals surface area contributed by atoms with Gasteiger partial charge in [0.05, 0.1) is 6.54 Å². The van der Waals surface area contributed by atoms with Crippen LogP contribution in [-0.2, 0) is 6.54 Å². The largest absolute Gasteiger partial charge is 0.507 e. The standard InChI is InChI=1S/C12H14N2O/c1-10-5-4-6-11(12(10)15)9-13-14-7-2-3-8-14/h2-8,13,15H,9H2,1H3. The molecule has 0 fully saturated rings. The summed E-state index contributed by atoms with van der Waals surface area (Å²) in [5.74, 6) is 0.372. The van der Waals surface area contributed by atoms with Gasteiger partial charge in [-0.15, -0.1) is 0 Å². The Morgan fingerprint density at radius 1 is 1.20 bits per heavy atom. The average molecular weight is 202 g/mol. The van der Waals surface area contributed by atoms with Crippen LogP contribution in [0.1, 0.15) is 11.1 Å². The molecule has 0 saturated heterocycles. The molecule has 1 aromatic carbocycles. The van der Waals surface area contributed by atoms with E-state index >= 15 is 0 Å². The van der Waals surface area contributed by atoms with E-state index in [1.807, 2.05) is 54.3 Å². The molecule has 78 valence electrons. The van der Waals surface area contributed by atoms with Crippen LogP contribution in [0.2, 0.25) is 0 Å². The summed E-state index contributed by atoms with van der Waals surface area (Å²) >= 11 is 0. The number of hydrogen-bond acceptors (Lipinski definition) is 2. The summed E-state index contributed by atoms with van der Waals surface area (Å²) in [4.78, 5) is 0. The lowest BCUT2D eigenvalue weighted by Crippen LogP contribution is -2.11. The van der Waals surface area contributed by atoms with Crippen LogP contribution in [0.4, 0.5) is 0 Å². The van der Waals surface area contributed by atoms with Crippen LogP contribution in [0.25, 0.3) is 0 Å². The van der Waals surface area contributed by atoms with Crippen molar-refractivity contribution < 1.29 is 5.11 Å². The Labute approximate surface area is 89.0 Å². The maximum atomic E-state index is 9.78. The quantitative estimate of drug-likeness (QED) is 0.801. The van der Waals surface area contributed by atoms with Gasteiger partial charge in [-0.1, -0.05) is 18.2 Å². The third-order valence-corrected chi connectivity index (χ3v) is 2.38. The van der Waals surface area contributed by atoms with Gasteiger partial charge >= 0.3 is 0 Å². The zero-order valence-corrected chi connectivity index (χ0v) is 8.64. The Morgan fingerprint density at radius 3 is 2.67 bits per heavy atom. The van der Waals surface area contributed by atoms with Crippen LogP contribution < -0.4 is 5.43 Å². The van der Waals surface area contributed by atoms with Crippen molar-refractivity contribution in [1.82, 2.24) is 4.68 Å². The van der Waals surface area contributed by atoms with E-state index in [1.165, 1.54) is 0 Å². The van der Waals surface area contributed by atoms with Crippen molar-refractivity contribution in [3.63, 3.8) is 0 Å². The summed E-state index contributed by atoms with van der Waals surface area (Å²) in [5, 5.41) is 9.78. The van der Waals surface area contributed by atoms with Crippen molar-refractivity contribution >= 4 is 0 Å².